The zero-order valence-corrected chi connectivity index (χ0v) is 5.60. The molecule has 1 unspecified atom stereocenters. The van der Waals surface area contributed by atoms with Crippen molar-refractivity contribution in [2.45, 2.75) is 24.7 Å². The second kappa shape index (κ2) is 3.30. The van der Waals surface area contributed by atoms with Crippen molar-refractivity contribution in [1.29, 1.82) is 0 Å². The Morgan fingerprint density at radius 3 is 2.60 bits per heavy atom. The number of aliphatic hydroxyl groups excluding tert-OH is 3. The van der Waals surface area contributed by atoms with Crippen LogP contribution in [0.5, 0.6) is 0 Å². The van der Waals surface area contributed by atoms with Gasteiger partial charge >= 0.3 is 0 Å². The topological polar surface area (TPSA) is 69.9 Å². The molecule has 3 atom stereocenters. The van der Waals surface area contributed by atoms with Crippen LogP contribution >= 0.6 is 0 Å². The molecule has 10 heavy (non-hydrogen) atoms. The van der Waals surface area contributed by atoms with Crippen molar-refractivity contribution in [2.24, 2.45) is 0 Å². The largest absolute Gasteiger partial charge is 0.394 e. The summed E-state index contributed by atoms with van der Waals surface area (Å²) in [7, 11) is 0. The van der Waals surface area contributed by atoms with Crippen LogP contribution in [0.3, 0.4) is 0 Å². The predicted molar refractivity (Wildman–Crippen MR) is 33.5 cm³/mol. The molecule has 0 spiro atoms. The minimum Gasteiger partial charge on any atom is -0.394 e. The molecule has 0 aromatic rings. The lowest BCUT2D eigenvalue weighted by Gasteiger charge is -2.30. The van der Waals surface area contributed by atoms with E-state index in [9.17, 15) is 0 Å². The maximum atomic E-state index is 9.10. The van der Waals surface area contributed by atoms with E-state index in [0.29, 0.717) is 13.0 Å². The van der Waals surface area contributed by atoms with E-state index >= 15 is 0 Å². The lowest BCUT2D eigenvalue weighted by atomic mass is 10.0. The van der Waals surface area contributed by atoms with Gasteiger partial charge in [0.05, 0.1) is 12.7 Å². The molecule has 0 radical (unpaired) electrons. The van der Waals surface area contributed by atoms with Crippen LogP contribution in [0.15, 0.2) is 0 Å². The molecule has 1 aliphatic rings. The summed E-state index contributed by atoms with van der Waals surface area (Å²) < 4.78 is 4.95. The third-order valence-corrected chi connectivity index (χ3v) is 1.70. The highest BCUT2D eigenvalue weighted by Crippen LogP contribution is 2.13. The highest BCUT2D eigenvalue weighted by atomic mass is 16.5. The van der Waals surface area contributed by atoms with Crippen molar-refractivity contribution < 1.29 is 20.1 Å². The van der Waals surface area contributed by atoms with E-state index in [1.165, 1.54) is 0 Å². The van der Waals surface area contributed by atoms with Gasteiger partial charge in [-0.1, -0.05) is 0 Å². The third kappa shape index (κ3) is 1.46. The fraction of sp³-hybridized carbons (Fsp3) is 1.00. The zero-order chi connectivity index (χ0) is 7.56. The normalized spacial score (nSPS) is 41.7. The molecule has 1 aliphatic heterocycles. The van der Waals surface area contributed by atoms with E-state index < -0.39 is 18.3 Å². The first kappa shape index (κ1) is 7.94. The Morgan fingerprint density at radius 1 is 1.40 bits per heavy atom. The van der Waals surface area contributed by atoms with Crippen molar-refractivity contribution in [3.63, 3.8) is 0 Å². The summed E-state index contributed by atoms with van der Waals surface area (Å²) in [6, 6.07) is 0. The van der Waals surface area contributed by atoms with Gasteiger partial charge in [-0.15, -0.1) is 0 Å². The highest BCUT2D eigenvalue weighted by Gasteiger charge is 2.30. The molecule has 1 fully saturated rings. The molecule has 0 aliphatic carbocycles. The maximum absolute atomic E-state index is 9.10. The molecule has 0 bridgehead atoms. The molecule has 0 amide bonds. The molecule has 4 nitrogen and oxygen atoms in total. The van der Waals surface area contributed by atoms with Crippen LogP contribution < -0.4 is 0 Å². The van der Waals surface area contributed by atoms with Gasteiger partial charge in [0.25, 0.3) is 0 Å². The molecule has 1 saturated heterocycles. The fourth-order valence-corrected chi connectivity index (χ4v) is 1.02. The van der Waals surface area contributed by atoms with Gasteiger partial charge in [0, 0.05) is 6.61 Å². The molecule has 0 aromatic heterocycles. The van der Waals surface area contributed by atoms with Crippen LogP contribution in [0.2, 0.25) is 0 Å². The quantitative estimate of drug-likeness (QED) is 0.423. The third-order valence-electron chi connectivity index (χ3n) is 1.70. The molecule has 0 aromatic carbocycles. The van der Waals surface area contributed by atoms with E-state index in [1.807, 2.05) is 0 Å². The average Bonchev–Trinajstić information content (AvgIpc) is 1.95. The number of rotatable bonds is 1. The summed E-state index contributed by atoms with van der Waals surface area (Å²) in [5.41, 5.74) is 0. The van der Waals surface area contributed by atoms with Gasteiger partial charge in [-0.3, -0.25) is 0 Å². The lowest BCUT2D eigenvalue weighted by Crippen LogP contribution is -2.46. The highest BCUT2D eigenvalue weighted by molar-refractivity contribution is 4.79. The molecule has 0 saturated carbocycles. The van der Waals surface area contributed by atoms with Gasteiger partial charge in [-0.25, -0.2) is 0 Å². The van der Waals surface area contributed by atoms with Gasteiger partial charge in [0.1, 0.15) is 12.2 Å². The first-order valence-corrected chi connectivity index (χ1v) is 3.34. The lowest BCUT2D eigenvalue weighted by molar-refractivity contribution is -0.147. The first-order valence-electron chi connectivity index (χ1n) is 3.34. The van der Waals surface area contributed by atoms with Crippen LogP contribution in [0.4, 0.5) is 0 Å². The Balaban J connectivity index is 2.42. The van der Waals surface area contributed by atoms with Gasteiger partial charge < -0.3 is 20.1 Å². The van der Waals surface area contributed by atoms with Crippen molar-refractivity contribution in [2.75, 3.05) is 13.2 Å². The van der Waals surface area contributed by atoms with Gasteiger partial charge in [0.15, 0.2) is 0 Å². The predicted octanol–water partition coefficient (Wildman–Crippen LogP) is -1.51. The summed E-state index contributed by atoms with van der Waals surface area (Å²) in [4.78, 5) is 0. The van der Waals surface area contributed by atoms with Crippen molar-refractivity contribution in [1.82, 2.24) is 0 Å². The average molecular weight is 148 g/mol. The van der Waals surface area contributed by atoms with Crippen LogP contribution in [0, 0.1) is 0 Å². The summed E-state index contributed by atoms with van der Waals surface area (Å²) in [6.45, 7) is 0.168. The van der Waals surface area contributed by atoms with E-state index in [4.69, 9.17) is 20.1 Å². The van der Waals surface area contributed by atoms with Crippen LogP contribution in [0.1, 0.15) is 6.42 Å². The Labute approximate surface area is 59.1 Å². The molecule has 1 rings (SSSR count). The number of hydrogen-bond acceptors (Lipinski definition) is 4. The van der Waals surface area contributed by atoms with Crippen molar-refractivity contribution >= 4 is 0 Å². The SMILES string of the molecule is OCC1OCC[C@@H](O)[C@@H]1O. The molecular formula is C6H12O4. The smallest absolute Gasteiger partial charge is 0.109 e. The first-order chi connectivity index (χ1) is 4.75. The second-order valence-electron chi connectivity index (χ2n) is 2.44. The van der Waals surface area contributed by atoms with Crippen molar-refractivity contribution in [3.05, 3.63) is 0 Å². The van der Waals surface area contributed by atoms with E-state index in [1.54, 1.807) is 0 Å². The second-order valence-corrected chi connectivity index (χ2v) is 2.44. The molecule has 60 valence electrons. The maximum Gasteiger partial charge on any atom is 0.109 e. The van der Waals surface area contributed by atoms with Gasteiger partial charge in [0.2, 0.25) is 0 Å². The molecule has 1 heterocycles. The van der Waals surface area contributed by atoms with E-state index in [-0.39, 0.29) is 6.61 Å². The van der Waals surface area contributed by atoms with E-state index in [0.717, 1.165) is 0 Å². The van der Waals surface area contributed by atoms with Crippen LogP contribution in [0.25, 0.3) is 0 Å². The van der Waals surface area contributed by atoms with Gasteiger partial charge in [-0.2, -0.15) is 0 Å². The molecule has 4 heteroatoms. The standard InChI is InChI=1S/C6H12O4/c7-3-5-6(9)4(8)1-2-10-5/h4-9H,1-3H2/t4-,5?,6+/m1/s1. The summed E-state index contributed by atoms with van der Waals surface area (Å²) in [5.74, 6) is 0. The zero-order valence-electron chi connectivity index (χ0n) is 5.60. The van der Waals surface area contributed by atoms with Crippen LogP contribution in [-0.2, 0) is 4.74 Å². The van der Waals surface area contributed by atoms with E-state index in [2.05, 4.69) is 0 Å². The number of aliphatic hydroxyl groups is 3. The van der Waals surface area contributed by atoms with Gasteiger partial charge in [-0.05, 0) is 6.42 Å². The van der Waals surface area contributed by atoms with Crippen molar-refractivity contribution in [3.8, 4) is 0 Å². The monoisotopic (exact) mass is 148 g/mol. The Bertz CT molecular complexity index is 106. The number of hydrogen-bond donors (Lipinski definition) is 3. The molecule has 3 N–H and O–H groups in total. The minimum atomic E-state index is -0.932. The minimum absolute atomic E-state index is 0.238. The Morgan fingerprint density at radius 2 is 2.10 bits per heavy atom. The summed E-state index contributed by atoms with van der Waals surface area (Å²) in [5, 5.41) is 26.7. The molecular weight excluding hydrogens is 136 g/mol. The summed E-state index contributed by atoms with van der Waals surface area (Å²) in [6.07, 6.45) is -1.84. The van der Waals surface area contributed by atoms with Crippen LogP contribution in [-0.4, -0.2) is 46.8 Å². The number of ether oxygens (including phenoxy) is 1. The Kier molecular flexibility index (Phi) is 2.62. The fourth-order valence-electron chi connectivity index (χ4n) is 1.02. The summed E-state index contributed by atoms with van der Waals surface area (Å²) >= 11 is 0. The Hall–Kier alpha value is -0.160.